The molecule has 2 aromatic rings. The monoisotopic (exact) mass is 549 g/mol. The van der Waals surface area contributed by atoms with Crippen LogP contribution in [0.1, 0.15) is 44.6 Å². The zero-order chi connectivity index (χ0) is 26.5. The number of piperidine rings is 2. The quantitative estimate of drug-likeness (QED) is 0.515. The maximum absolute atomic E-state index is 13.0. The summed E-state index contributed by atoms with van der Waals surface area (Å²) in [4.78, 5) is 13.2. The summed E-state index contributed by atoms with van der Waals surface area (Å²) in [5.74, 6) is 0.226. The van der Waals surface area contributed by atoms with E-state index >= 15 is 0 Å². The molecular formula is C26H35N3O6S2. The summed E-state index contributed by atoms with van der Waals surface area (Å²) in [6.07, 6.45) is 3.71. The molecule has 2 aliphatic heterocycles. The summed E-state index contributed by atoms with van der Waals surface area (Å²) in [5.41, 5.74) is 0.807. The second-order valence-corrected chi connectivity index (χ2v) is 13.3. The van der Waals surface area contributed by atoms with Crippen LogP contribution < -0.4 is 10.1 Å². The van der Waals surface area contributed by atoms with E-state index in [1.165, 1.54) is 8.61 Å². The van der Waals surface area contributed by atoms with Crippen molar-refractivity contribution < 1.29 is 26.4 Å². The van der Waals surface area contributed by atoms with Crippen LogP contribution in [0.5, 0.6) is 5.75 Å². The number of nitrogens with one attached hydrogen (secondary N) is 1. The second-order valence-electron chi connectivity index (χ2n) is 9.41. The van der Waals surface area contributed by atoms with E-state index in [0.29, 0.717) is 38.3 Å². The van der Waals surface area contributed by atoms with Crippen molar-refractivity contribution in [2.24, 2.45) is 5.92 Å². The lowest BCUT2D eigenvalue weighted by Crippen LogP contribution is -2.42. The molecule has 37 heavy (non-hydrogen) atoms. The van der Waals surface area contributed by atoms with Crippen molar-refractivity contribution in [2.45, 2.75) is 55.4 Å². The predicted molar refractivity (Wildman–Crippen MR) is 140 cm³/mol. The van der Waals surface area contributed by atoms with Crippen molar-refractivity contribution in [2.75, 3.05) is 32.8 Å². The van der Waals surface area contributed by atoms with Crippen LogP contribution in [-0.4, -0.2) is 64.1 Å². The fraction of sp³-hybridized carbons (Fsp3) is 0.500. The van der Waals surface area contributed by atoms with Gasteiger partial charge in [-0.25, -0.2) is 16.8 Å². The van der Waals surface area contributed by atoms with Crippen molar-refractivity contribution >= 4 is 26.0 Å². The molecule has 9 nitrogen and oxygen atoms in total. The highest BCUT2D eigenvalue weighted by Crippen LogP contribution is 2.26. The Morgan fingerprint density at radius 2 is 1.32 bits per heavy atom. The fourth-order valence-electron chi connectivity index (χ4n) is 4.75. The Labute approximate surface area is 219 Å². The number of amides is 1. The molecule has 4 rings (SSSR count). The third-order valence-corrected chi connectivity index (χ3v) is 10.8. The largest absolute Gasteiger partial charge is 0.494 e. The zero-order valence-corrected chi connectivity index (χ0v) is 22.8. The maximum Gasteiger partial charge on any atom is 0.243 e. The highest BCUT2D eigenvalue weighted by molar-refractivity contribution is 7.89. The lowest BCUT2D eigenvalue weighted by Gasteiger charge is -2.30. The van der Waals surface area contributed by atoms with E-state index in [-0.39, 0.29) is 41.3 Å². The molecule has 11 heteroatoms. The lowest BCUT2D eigenvalue weighted by molar-refractivity contribution is -0.126. The van der Waals surface area contributed by atoms with E-state index < -0.39 is 20.0 Å². The Morgan fingerprint density at radius 1 is 0.811 bits per heavy atom. The molecule has 0 spiro atoms. The van der Waals surface area contributed by atoms with Crippen LogP contribution in [-0.2, 0) is 31.4 Å². The van der Waals surface area contributed by atoms with Gasteiger partial charge in [0, 0.05) is 38.6 Å². The molecule has 1 N–H and O–H groups in total. The Balaban J connectivity index is 1.27. The fourth-order valence-corrected chi connectivity index (χ4v) is 7.74. The first-order chi connectivity index (χ1) is 17.7. The molecule has 2 fully saturated rings. The molecule has 0 radical (unpaired) electrons. The zero-order valence-electron chi connectivity index (χ0n) is 21.1. The normalized spacial score (nSPS) is 18.4. The van der Waals surface area contributed by atoms with Gasteiger partial charge < -0.3 is 10.1 Å². The van der Waals surface area contributed by atoms with Crippen molar-refractivity contribution in [1.82, 2.24) is 13.9 Å². The summed E-state index contributed by atoms with van der Waals surface area (Å²) in [7, 11) is -7.11. The minimum atomic E-state index is -3.63. The van der Waals surface area contributed by atoms with E-state index in [9.17, 15) is 21.6 Å². The van der Waals surface area contributed by atoms with Crippen LogP contribution >= 0.6 is 0 Å². The van der Waals surface area contributed by atoms with Gasteiger partial charge in [0.25, 0.3) is 0 Å². The van der Waals surface area contributed by atoms with E-state index in [4.69, 9.17) is 4.74 Å². The molecule has 1 amide bonds. The number of carbonyl (C=O) groups is 1. The second kappa shape index (κ2) is 11.9. The van der Waals surface area contributed by atoms with Crippen molar-refractivity contribution in [1.29, 1.82) is 0 Å². The molecule has 202 valence electrons. The Kier molecular flexibility index (Phi) is 8.89. The van der Waals surface area contributed by atoms with Crippen LogP contribution in [0.15, 0.2) is 58.3 Å². The first-order valence-electron chi connectivity index (χ1n) is 12.8. The Morgan fingerprint density at radius 3 is 1.86 bits per heavy atom. The van der Waals surface area contributed by atoms with Crippen LogP contribution in [0.2, 0.25) is 0 Å². The van der Waals surface area contributed by atoms with Gasteiger partial charge in [-0.15, -0.1) is 0 Å². The van der Waals surface area contributed by atoms with E-state index in [1.54, 1.807) is 48.5 Å². The maximum atomic E-state index is 13.0. The van der Waals surface area contributed by atoms with E-state index in [2.05, 4.69) is 5.32 Å². The molecule has 2 heterocycles. The molecule has 0 saturated carbocycles. The number of carbonyl (C=O) groups excluding carboxylic acids is 1. The molecule has 2 aliphatic rings. The van der Waals surface area contributed by atoms with Gasteiger partial charge in [-0.2, -0.15) is 8.61 Å². The van der Waals surface area contributed by atoms with Gasteiger partial charge in [-0.05, 0) is 74.6 Å². The lowest BCUT2D eigenvalue weighted by atomic mass is 9.97. The molecule has 0 unspecified atom stereocenters. The van der Waals surface area contributed by atoms with Gasteiger partial charge in [0.1, 0.15) is 5.75 Å². The first-order valence-corrected chi connectivity index (χ1v) is 15.7. The van der Waals surface area contributed by atoms with Crippen LogP contribution in [0.25, 0.3) is 0 Å². The number of hydrogen-bond acceptors (Lipinski definition) is 6. The summed E-state index contributed by atoms with van der Waals surface area (Å²) >= 11 is 0. The van der Waals surface area contributed by atoms with E-state index in [0.717, 1.165) is 24.8 Å². The van der Waals surface area contributed by atoms with Gasteiger partial charge in [-0.3, -0.25) is 4.79 Å². The number of nitrogens with zero attached hydrogens (tertiary/aromatic N) is 2. The minimum absolute atomic E-state index is 0.122. The predicted octanol–water partition coefficient (Wildman–Crippen LogP) is 2.98. The van der Waals surface area contributed by atoms with Crippen molar-refractivity contribution in [3.05, 3.63) is 54.1 Å². The van der Waals surface area contributed by atoms with Gasteiger partial charge in [0.05, 0.1) is 16.4 Å². The smallest absolute Gasteiger partial charge is 0.243 e. The number of ether oxygens (including phenoxy) is 1. The number of sulfonamides is 2. The van der Waals surface area contributed by atoms with Crippen LogP contribution in [0.3, 0.4) is 0 Å². The van der Waals surface area contributed by atoms with Crippen molar-refractivity contribution in [3.8, 4) is 5.75 Å². The topological polar surface area (TPSA) is 113 Å². The van der Waals surface area contributed by atoms with Crippen LogP contribution in [0, 0.1) is 5.92 Å². The Bertz CT molecular complexity index is 1260. The number of hydrogen-bond donors (Lipinski definition) is 1. The summed E-state index contributed by atoms with van der Waals surface area (Å²) in [5, 5.41) is 2.91. The van der Waals surface area contributed by atoms with Gasteiger partial charge >= 0.3 is 0 Å². The number of rotatable bonds is 9. The average molecular weight is 550 g/mol. The SMILES string of the molecule is CCOc1ccc(S(=O)(=O)N2CCC(C(=O)NCc3ccc(S(=O)(=O)N4CCCCC4)cc3)CC2)cc1. The average Bonchev–Trinajstić information content (AvgIpc) is 2.93. The summed E-state index contributed by atoms with van der Waals surface area (Å²) in [6.45, 7) is 4.32. The first kappa shape index (κ1) is 27.6. The molecule has 0 bridgehead atoms. The molecule has 0 aliphatic carbocycles. The molecular weight excluding hydrogens is 514 g/mol. The van der Waals surface area contributed by atoms with Gasteiger partial charge in [-0.1, -0.05) is 18.6 Å². The molecule has 2 aromatic carbocycles. The van der Waals surface area contributed by atoms with Crippen LogP contribution in [0.4, 0.5) is 0 Å². The molecule has 2 saturated heterocycles. The highest BCUT2D eigenvalue weighted by atomic mass is 32.2. The number of benzene rings is 2. The van der Waals surface area contributed by atoms with Crippen molar-refractivity contribution in [3.63, 3.8) is 0 Å². The third kappa shape index (κ3) is 6.51. The highest BCUT2D eigenvalue weighted by Gasteiger charge is 2.32. The summed E-state index contributed by atoms with van der Waals surface area (Å²) in [6, 6.07) is 13.0. The van der Waals surface area contributed by atoms with Gasteiger partial charge in [0.2, 0.25) is 26.0 Å². The van der Waals surface area contributed by atoms with E-state index in [1.807, 2.05) is 6.92 Å². The standard InChI is InChI=1S/C26H35N3O6S2/c1-2-35-23-8-12-25(13-9-23)37(33,34)29-18-14-22(15-19-29)26(30)27-20-21-6-10-24(11-7-21)36(31,32)28-16-4-3-5-17-28/h6-13,22H,2-5,14-20H2,1H3,(H,27,30). The summed E-state index contributed by atoms with van der Waals surface area (Å²) < 4.78 is 59.9. The molecule has 0 aromatic heterocycles. The third-order valence-electron chi connectivity index (χ3n) is 6.94. The Hall–Kier alpha value is -2.47. The van der Waals surface area contributed by atoms with Gasteiger partial charge in [0.15, 0.2) is 0 Å². The molecule has 0 atom stereocenters. The minimum Gasteiger partial charge on any atom is -0.494 e.